The number of nitrogens with zero attached hydrogens (tertiary/aromatic N) is 1. The zero-order valence-electron chi connectivity index (χ0n) is 24.6. The number of rotatable bonds is 16. The third kappa shape index (κ3) is 8.76. The van der Waals surface area contributed by atoms with Gasteiger partial charge < -0.3 is 33.2 Å². The monoisotopic (exact) mass is 673 g/mol. The summed E-state index contributed by atoms with van der Waals surface area (Å²) in [5.74, 6) is -0.680. The number of halogens is 1. The fraction of sp³-hybridized carbons (Fsp3) is 0.406. The molecule has 11 nitrogen and oxygen atoms in total. The third-order valence-electron chi connectivity index (χ3n) is 6.95. The van der Waals surface area contributed by atoms with Gasteiger partial charge in [0, 0.05) is 27.1 Å². The highest BCUT2D eigenvalue weighted by Crippen LogP contribution is 2.35. The number of aliphatic hydroxyl groups is 1. The Bertz CT molecular complexity index is 1370. The van der Waals surface area contributed by atoms with E-state index in [9.17, 15) is 19.5 Å². The van der Waals surface area contributed by atoms with Crippen LogP contribution in [0.1, 0.15) is 48.1 Å². The second-order valence-electron chi connectivity index (χ2n) is 10.1. The Labute approximate surface area is 264 Å². The van der Waals surface area contributed by atoms with Gasteiger partial charge in [-0.2, -0.15) is 0 Å². The van der Waals surface area contributed by atoms with E-state index in [1.807, 2.05) is 36.4 Å². The van der Waals surface area contributed by atoms with Crippen LogP contribution in [0.5, 0.6) is 0 Å². The molecule has 1 N–H and O–H groups in total. The summed E-state index contributed by atoms with van der Waals surface area (Å²) in [5, 5.41) is 9.63. The third-order valence-corrected chi connectivity index (χ3v) is 7.62. The predicted molar refractivity (Wildman–Crippen MR) is 160 cm³/mol. The van der Waals surface area contributed by atoms with Gasteiger partial charge in [-0.1, -0.05) is 60.7 Å². The van der Waals surface area contributed by atoms with Gasteiger partial charge in [-0.25, -0.2) is 9.69 Å². The zero-order valence-corrected chi connectivity index (χ0v) is 26.1. The van der Waals surface area contributed by atoms with E-state index in [0.29, 0.717) is 41.9 Å². The fourth-order valence-electron chi connectivity index (χ4n) is 4.75. The minimum Gasteiger partial charge on any atom is -0.461 e. The van der Waals surface area contributed by atoms with Crippen LogP contribution in [-0.4, -0.2) is 73.7 Å². The highest BCUT2D eigenvalue weighted by atomic mass is 79.9. The number of imide groups is 1. The quantitative estimate of drug-likeness (QED) is 0.165. The van der Waals surface area contributed by atoms with Crippen molar-refractivity contribution in [1.82, 2.24) is 4.90 Å². The molecule has 3 aromatic rings. The number of ether oxygens (including phenoxy) is 5. The molecule has 1 fully saturated rings. The Morgan fingerprint density at radius 3 is 2.48 bits per heavy atom. The van der Waals surface area contributed by atoms with Crippen molar-refractivity contribution in [3.63, 3.8) is 0 Å². The predicted octanol–water partition coefficient (Wildman–Crippen LogP) is 4.91. The normalized spacial score (nSPS) is 16.8. The van der Waals surface area contributed by atoms with Crippen LogP contribution in [0.25, 0.3) is 0 Å². The molecular weight excluding hydrogens is 638 g/mol. The Morgan fingerprint density at radius 1 is 1.11 bits per heavy atom. The van der Waals surface area contributed by atoms with Crippen molar-refractivity contribution in [2.24, 2.45) is 0 Å². The number of cyclic esters (lactones) is 1. The summed E-state index contributed by atoms with van der Waals surface area (Å²) in [4.78, 5) is 39.4. The summed E-state index contributed by atoms with van der Waals surface area (Å²) in [6.07, 6.45) is -2.91. The van der Waals surface area contributed by atoms with Crippen LogP contribution in [0.15, 0.2) is 75.6 Å². The van der Waals surface area contributed by atoms with Crippen molar-refractivity contribution in [2.45, 2.75) is 50.7 Å². The van der Waals surface area contributed by atoms with Gasteiger partial charge in [-0.15, -0.1) is 0 Å². The molecule has 4 rings (SSSR count). The van der Waals surface area contributed by atoms with Gasteiger partial charge in [0.2, 0.25) is 0 Å². The van der Waals surface area contributed by atoms with Crippen LogP contribution in [0.2, 0.25) is 0 Å². The number of methoxy groups -OCH3 is 1. The van der Waals surface area contributed by atoms with Crippen LogP contribution in [-0.2, 0) is 46.3 Å². The number of benzene rings is 2. The smallest absolute Gasteiger partial charge is 0.417 e. The number of hydrogen-bond donors (Lipinski definition) is 1. The van der Waals surface area contributed by atoms with E-state index in [0.717, 1.165) is 10.5 Å². The first kappa shape index (κ1) is 33.3. The maximum Gasteiger partial charge on any atom is 0.417 e. The molecule has 2 heterocycles. The number of hydrogen-bond acceptors (Lipinski definition) is 10. The van der Waals surface area contributed by atoms with E-state index >= 15 is 0 Å². The fourth-order valence-corrected chi connectivity index (χ4v) is 5.26. The topological polar surface area (TPSA) is 134 Å². The highest BCUT2D eigenvalue weighted by molar-refractivity contribution is 9.10. The van der Waals surface area contributed by atoms with Gasteiger partial charge in [-0.3, -0.25) is 9.59 Å². The lowest BCUT2D eigenvalue weighted by atomic mass is 10.0. The van der Waals surface area contributed by atoms with E-state index in [-0.39, 0.29) is 25.6 Å². The van der Waals surface area contributed by atoms with Gasteiger partial charge in [0.25, 0.3) is 5.91 Å². The van der Waals surface area contributed by atoms with Crippen LogP contribution in [0.3, 0.4) is 0 Å². The van der Waals surface area contributed by atoms with Crippen molar-refractivity contribution in [1.29, 1.82) is 0 Å². The van der Waals surface area contributed by atoms with E-state index < -0.39 is 42.3 Å². The van der Waals surface area contributed by atoms with E-state index in [1.165, 1.54) is 14.0 Å². The number of furan rings is 1. The second kappa shape index (κ2) is 16.5. The van der Waals surface area contributed by atoms with Crippen molar-refractivity contribution in [2.75, 3.05) is 33.5 Å². The number of aliphatic hydroxyl groups excluding tert-OH is 1. The molecule has 0 radical (unpaired) electrons. The molecule has 1 aliphatic heterocycles. The molecule has 2 aromatic carbocycles. The van der Waals surface area contributed by atoms with Crippen molar-refractivity contribution >= 4 is 33.9 Å². The highest BCUT2D eigenvalue weighted by Gasteiger charge is 2.46. The minimum atomic E-state index is -1.39. The largest absolute Gasteiger partial charge is 0.461 e. The standard InChI is InChI=1S/C32H36BrNO10/c1-21(36)43-29(30(39-2)31(37)34-26(20-42-32(34)38)23-12-7-4-8-13-23)28-16-25(33)27(44-28)14-9-15-40-19-24(17-35)41-18-22-10-5-3-6-11-22/h3-8,10-13,16,24,26,29-30,35H,9,14-15,17-20H2,1-2H3/t24-,26+,29+,30-/m1/s1. The van der Waals surface area contributed by atoms with E-state index in [1.54, 1.807) is 30.3 Å². The zero-order chi connectivity index (χ0) is 31.5. The molecule has 1 aliphatic rings. The molecule has 0 spiro atoms. The molecule has 1 saturated heterocycles. The molecule has 1 aromatic heterocycles. The summed E-state index contributed by atoms with van der Waals surface area (Å²) in [6.45, 7) is 2.00. The Morgan fingerprint density at radius 2 is 1.82 bits per heavy atom. The molecule has 0 saturated carbocycles. The lowest BCUT2D eigenvalue weighted by Gasteiger charge is -2.28. The van der Waals surface area contributed by atoms with Crippen LogP contribution in [0, 0.1) is 0 Å². The maximum atomic E-state index is 13.7. The molecule has 4 atom stereocenters. The average Bonchev–Trinajstić information content (AvgIpc) is 3.60. The summed E-state index contributed by atoms with van der Waals surface area (Å²) >= 11 is 3.48. The Balaban J connectivity index is 1.37. The minimum absolute atomic E-state index is 0.0139. The lowest BCUT2D eigenvalue weighted by molar-refractivity contribution is -0.164. The molecule has 12 heteroatoms. The van der Waals surface area contributed by atoms with Gasteiger partial charge in [0.15, 0.2) is 12.2 Å². The van der Waals surface area contributed by atoms with Gasteiger partial charge in [0.1, 0.15) is 30.3 Å². The van der Waals surface area contributed by atoms with E-state index in [4.69, 9.17) is 28.1 Å². The first-order valence-electron chi connectivity index (χ1n) is 14.2. The summed E-state index contributed by atoms with van der Waals surface area (Å²) in [6, 6.07) is 19.6. The Kier molecular flexibility index (Phi) is 12.5. The number of aryl methyl sites for hydroxylation is 1. The molecule has 44 heavy (non-hydrogen) atoms. The molecule has 0 unspecified atom stereocenters. The van der Waals surface area contributed by atoms with Gasteiger partial charge in [0.05, 0.1) is 24.3 Å². The SMILES string of the molecule is CO[C@@H](C(=O)N1C(=O)OC[C@H]1c1ccccc1)[C@@H](OC(C)=O)c1cc(Br)c(CCCOC[C@@H](CO)OCc2ccccc2)o1. The molecule has 236 valence electrons. The van der Waals surface area contributed by atoms with Gasteiger partial charge >= 0.3 is 12.1 Å². The maximum absolute atomic E-state index is 13.7. The number of carbonyl (C=O) groups excluding carboxylic acids is 3. The molecule has 2 amide bonds. The second-order valence-corrected chi connectivity index (χ2v) is 11.0. The van der Waals surface area contributed by atoms with Crippen LogP contribution in [0.4, 0.5) is 4.79 Å². The number of amides is 2. The first-order chi connectivity index (χ1) is 21.3. The number of esters is 1. The average molecular weight is 675 g/mol. The van der Waals surface area contributed by atoms with Crippen molar-refractivity contribution in [3.8, 4) is 0 Å². The van der Waals surface area contributed by atoms with Crippen molar-refractivity contribution < 1.29 is 47.6 Å². The van der Waals surface area contributed by atoms with Gasteiger partial charge in [-0.05, 0) is 39.5 Å². The van der Waals surface area contributed by atoms with E-state index in [2.05, 4.69) is 15.9 Å². The first-order valence-corrected chi connectivity index (χ1v) is 15.0. The lowest BCUT2D eigenvalue weighted by Crippen LogP contribution is -2.45. The number of carbonyl (C=O) groups is 3. The molecule has 0 aliphatic carbocycles. The molecule has 0 bridgehead atoms. The van der Waals surface area contributed by atoms with Crippen LogP contribution >= 0.6 is 15.9 Å². The molecular formula is C32H36BrNO10. The summed E-state index contributed by atoms with van der Waals surface area (Å²) in [5.41, 5.74) is 1.72. The van der Waals surface area contributed by atoms with Crippen molar-refractivity contribution in [3.05, 3.63) is 93.9 Å². The van der Waals surface area contributed by atoms with Crippen LogP contribution < -0.4 is 0 Å². The summed E-state index contributed by atoms with van der Waals surface area (Å²) in [7, 11) is 1.29. The summed E-state index contributed by atoms with van der Waals surface area (Å²) < 4.78 is 34.3. The Hall–Kier alpha value is -3.55.